The van der Waals surface area contributed by atoms with Gasteiger partial charge >= 0.3 is 12.1 Å². The van der Waals surface area contributed by atoms with Gasteiger partial charge < -0.3 is 5.11 Å². The highest BCUT2D eigenvalue weighted by atomic mass is 32.2. The van der Waals surface area contributed by atoms with E-state index in [0.29, 0.717) is 11.9 Å². The Kier molecular flexibility index (Phi) is 4.35. The molecular formula is C9H7F4NO2S. The van der Waals surface area contributed by atoms with E-state index in [-0.39, 0.29) is 10.5 Å². The minimum absolute atomic E-state index is 0.192. The first-order chi connectivity index (χ1) is 7.79. The molecular weight excluding hydrogens is 262 g/mol. The van der Waals surface area contributed by atoms with Gasteiger partial charge in [0.2, 0.25) is 0 Å². The van der Waals surface area contributed by atoms with Crippen LogP contribution >= 0.6 is 11.9 Å². The van der Waals surface area contributed by atoms with Gasteiger partial charge in [-0.05, 0) is 30.1 Å². The molecule has 0 aliphatic carbocycles. The molecule has 0 aromatic heterocycles. The van der Waals surface area contributed by atoms with E-state index in [1.807, 2.05) is 4.72 Å². The summed E-state index contributed by atoms with van der Waals surface area (Å²) in [5.41, 5.74) is -0.192. The molecule has 8 heteroatoms. The molecule has 0 fully saturated rings. The number of hydrogen-bond acceptors (Lipinski definition) is 3. The van der Waals surface area contributed by atoms with Gasteiger partial charge in [0.15, 0.2) is 0 Å². The maximum Gasteiger partial charge on any atom is 0.402 e. The Labute approximate surface area is 98.0 Å². The van der Waals surface area contributed by atoms with Crippen molar-refractivity contribution in [1.82, 2.24) is 4.72 Å². The van der Waals surface area contributed by atoms with Crippen molar-refractivity contribution in [3.05, 3.63) is 29.6 Å². The predicted octanol–water partition coefficient (Wildman–Crippen LogP) is 2.68. The Hall–Kier alpha value is -1.28. The van der Waals surface area contributed by atoms with Crippen LogP contribution in [-0.4, -0.2) is 23.8 Å². The summed E-state index contributed by atoms with van der Waals surface area (Å²) in [6.07, 6.45) is -4.41. The van der Waals surface area contributed by atoms with Crippen molar-refractivity contribution in [3.63, 3.8) is 0 Å². The van der Waals surface area contributed by atoms with Gasteiger partial charge in [-0.2, -0.15) is 13.2 Å². The zero-order valence-electron chi connectivity index (χ0n) is 8.21. The highest BCUT2D eigenvalue weighted by Gasteiger charge is 2.26. The van der Waals surface area contributed by atoms with E-state index < -0.39 is 24.5 Å². The van der Waals surface area contributed by atoms with Crippen LogP contribution in [0.1, 0.15) is 10.4 Å². The number of halogens is 4. The number of carboxylic acid groups (broad SMARTS) is 1. The van der Waals surface area contributed by atoms with Crippen LogP contribution < -0.4 is 4.72 Å². The smallest absolute Gasteiger partial charge is 0.402 e. The summed E-state index contributed by atoms with van der Waals surface area (Å²) in [5, 5.41) is 8.62. The van der Waals surface area contributed by atoms with Gasteiger partial charge in [0.05, 0.1) is 10.5 Å². The number of carbonyl (C=O) groups is 1. The minimum atomic E-state index is -4.41. The third kappa shape index (κ3) is 4.61. The van der Waals surface area contributed by atoms with Crippen LogP contribution in [0, 0.1) is 5.82 Å². The first-order valence-corrected chi connectivity index (χ1v) is 5.10. The number of alkyl halides is 3. The summed E-state index contributed by atoms with van der Waals surface area (Å²) >= 11 is 0.397. The normalized spacial score (nSPS) is 11.5. The molecule has 2 N–H and O–H groups in total. The zero-order valence-corrected chi connectivity index (χ0v) is 9.03. The molecule has 1 aromatic carbocycles. The summed E-state index contributed by atoms with van der Waals surface area (Å²) in [6.45, 7) is -1.30. The lowest BCUT2D eigenvalue weighted by Gasteiger charge is -2.08. The molecule has 0 radical (unpaired) electrons. The van der Waals surface area contributed by atoms with Crippen LogP contribution in [0.25, 0.3) is 0 Å². The Bertz CT molecular complexity index is 422. The molecule has 0 amide bonds. The van der Waals surface area contributed by atoms with Crippen LogP contribution in [0.5, 0.6) is 0 Å². The molecule has 0 aliphatic heterocycles. The second-order valence-electron chi connectivity index (χ2n) is 2.99. The van der Waals surface area contributed by atoms with Crippen LogP contribution in [-0.2, 0) is 0 Å². The molecule has 0 saturated carbocycles. The van der Waals surface area contributed by atoms with Crippen molar-refractivity contribution in [3.8, 4) is 0 Å². The fourth-order valence-corrected chi connectivity index (χ4v) is 1.65. The number of rotatable bonds is 4. The van der Waals surface area contributed by atoms with Crippen LogP contribution in [0.2, 0.25) is 0 Å². The molecule has 3 nitrogen and oxygen atoms in total. The number of carboxylic acids is 1. The second-order valence-corrected chi connectivity index (χ2v) is 3.92. The van der Waals surface area contributed by atoms with Gasteiger partial charge in [0.25, 0.3) is 0 Å². The second kappa shape index (κ2) is 5.37. The SMILES string of the molecule is O=C(O)c1ccc(F)c(SNCC(F)(F)F)c1. The Morgan fingerprint density at radius 1 is 1.41 bits per heavy atom. The van der Waals surface area contributed by atoms with Gasteiger partial charge in [-0.3, -0.25) is 4.72 Å². The molecule has 0 saturated heterocycles. The quantitative estimate of drug-likeness (QED) is 0.651. The van der Waals surface area contributed by atoms with E-state index >= 15 is 0 Å². The summed E-state index contributed by atoms with van der Waals surface area (Å²) < 4.78 is 50.4. The van der Waals surface area contributed by atoms with Crippen molar-refractivity contribution < 1.29 is 27.5 Å². The topological polar surface area (TPSA) is 49.3 Å². The van der Waals surface area contributed by atoms with E-state index in [2.05, 4.69) is 0 Å². The number of nitrogens with one attached hydrogen (secondary N) is 1. The molecule has 1 aromatic rings. The Morgan fingerprint density at radius 2 is 2.06 bits per heavy atom. The lowest BCUT2D eigenvalue weighted by atomic mass is 10.2. The van der Waals surface area contributed by atoms with E-state index in [0.717, 1.165) is 18.2 Å². The van der Waals surface area contributed by atoms with Crippen molar-refractivity contribution in [2.24, 2.45) is 0 Å². The van der Waals surface area contributed by atoms with Crippen molar-refractivity contribution >= 4 is 17.9 Å². The molecule has 17 heavy (non-hydrogen) atoms. The van der Waals surface area contributed by atoms with E-state index in [1.54, 1.807) is 0 Å². The maximum atomic E-state index is 13.1. The fraction of sp³-hybridized carbons (Fsp3) is 0.222. The van der Waals surface area contributed by atoms with Crippen molar-refractivity contribution in [2.75, 3.05) is 6.54 Å². The molecule has 0 bridgehead atoms. The fourth-order valence-electron chi connectivity index (χ4n) is 0.910. The molecule has 0 unspecified atom stereocenters. The molecule has 0 spiro atoms. The third-order valence-corrected chi connectivity index (χ3v) is 2.45. The summed E-state index contributed by atoms with van der Waals surface area (Å²) in [4.78, 5) is 10.4. The average Bonchev–Trinajstić information content (AvgIpc) is 2.18. The molecule has 0 atom stereocenters. The Balaban J connectivity index is 2.70. The summed E-state index contributed by atoms with van der Waals surface area (Å²) in [6, 6.07) is 2.89. The lowest BCUT2D eigenvalue weighted by Crippen LogP contribution is -2.23. The first kappa shape index (κ1) is 13.8. The van der Waals surface area contributed by atoms with E-state index in [9.17, 15) is 22.4 Å². The summed E-state index contributed by atoms with van der Waals surface area (Å²) in [7, 11) is 0. The zero-order chi connectivity index (χ0) is 13.1. The number of hydrogen-bond donors (Lipinski definition) is 2. The van der Waals surface area contributed by atoms with E-state index in [1.165, 1.54) is 0 Å². The first-order valence-electron chi connectivity index (χ1n) is 4.29. The number of aromatic carboxylic acids is 1. The van der Waals surface area contributed by atoms with Gasteiger partial charge in [0.1, 0.15) is 12.4 Å². The highest BCUT2D eigenvalue weighted by molar-refractivity contribution is 7.97. The van der Waals surface area contributed by atoms with E-state index in [4.69, 9.17) is 5.11 Å². The average molecular weight is 269 g/mol. The molecule has 94 valence electrons. The lowest BCUT2D eigenvalue weighted by molar-refractivity contribution is -0.121. The monoisotopic (exact) mass is 269 g/mol. The van der Waals surface area contributed by atoms with Gasteiger partial charge in [-0.25, -0.2) is 9.18 Å². The van der Waals surface area contributed by atoms with Crippen LogP contribution in [0.15, 0.2) is 23.1 Å². The molecule has 0 heterocycles. The number of benzene rings is 1. The predicted molar refractivity (Wildman–Crippen MR) is 53.3 cm³/mol. The standard InChI is InChI=1S/C9H7F4NO2S/c10-6-2-1-5(8(15)16)3-7(6)17-14-4-9(11,12)13/h1-3,14H,4H2,(H,15,16). The van der Waals surface area contributed by atoms with Crippen molar-refractivity contribution in [2.45, 2.75) is 11.1 Å². The van der Waals surface area contributed by atoms with Crippen molar-refractivity contribution in [1.29, 1.82) is 0 Å². The highest BCUT2D eigenvalue weighted by Crippen LogP contribution is 2.22. The van der Waals surface area contributed by atoms with Crippen LogP contribution in [0.4, 0.5) is 17.6 Å². The third-order valence-electron chi connectivity index (χ3n) is 1.63. The largest absolute Gasteiger partial charge is 0.478 e. The Morgan fingerprint density at radius 3 is 2.59 bits per heavy atom. The van der Waals surface area contributed by atoms with Crippen LogP contribution in [0.3, 0.4) is 0 Å². The molecule has 0 aliphatic rings. The van der Waals surface area contributed by atoms with Gasteiger partial charge in [0, 0.05) is 0 Å². The summed E-state index contributed by atoms with van der Waals surface area (Å²) in [5.74, 6) is -2.06. The van der Waals surface area contributed by atoms with Gasteiger partial charge in [-0.1, -0.05) is 0 Å². The molecule has 1 rings (SSSR count). The van der Waals surface area contributed by atoms with Gasteiger partial charge in [-0.15, -0.1) is 0 Å². The minimum Gasteiger partial charge on any atom is -0.478 e. The maximum absolute atomic E-state index is 13.1.